The van der Waals surface area contributed by atoms with E-state index in [1.807, 2.05) is 0 Å². The molecule has 0 aliphatic heterocycles. The van der Waals surface area contributed by atoms with Crippen molar-refractivity contribution in [3.05, 3.63) is 62.2 Å². The molecule has 0 saturated carbocycles. The number of esters is 1. The summed E-state index contributed by atoms with van der Waals surface area (Å²) in [6.45, 7) is 0. The maximum Gasteiger partial charge on any atom is 0.351 e. The van der Waals surface area contributed by atoms with Crippen LogP contribution in [0.4, 0.5) is 0 Å². The summed E-state index contributed by atoms with van der Waals surface area (Å²) in [6.07, 6.45) is 2.09. The van der Waals surface area contributed by atoms with Crippen LogP contribution in [0.15, 0.2) is 41.0 Å². The van der Waals surface area contributed by atoms with Crippen LogP contribution >= 0.6 is 15.9 Å². The molecule has 0 fully saturated rings. The number of methoxy groups -OCH3 is 3. The molecule has 0 radical (unpaired) electrons. The molecule has 0 bridgehead atoms. The van der Waals surface area contributed by atoms with Gasteiger partial charge >= 0.3 is 5.97 Å². The lowest BCUT2D eigenvalue weighted by Gasteiger charge is -2.15. The predicted octanol–water partition coefficient (Wildman–Crippen LogP) is 3.94. The maximum atomic E-state index is 12.7. The molecule has 0 aliphatic carbocycles. The zero-order valence-electron chi connectivity index (χ0n) is 14.7. The first kappa shape index (κ1) is 20.2. The second-order valence-electron chi connectivity index (χ2n) is 5.06. The fourth-order valence-corrected chi connectivity index (χ4v) is 2.82. The van der Waals surface area contributed by atoms with Crippen molar-refractivity contribution in [2.75, 3.05) is 21.3 Å². The van der Waals surface area contributed by atoms with Crippen molar-refractivity contribution in [3.63, 3.8) is 0 Å². The number of nitrogens with zero attached hydrogens (tertiary/aromatic N) is 1. The first-order valence-corrected chi connectivity index (χ1v) is 8.33. The van der Waals surface area contributed by atoms with E-state index in [9.17, 15) is 14.9 Å². The second-order valence-corrected chi connectivity index (χ2v) is 5.92. The largest absolute Gasteiger partial charge is 0.496 e. The first-order chi connectivity index (χ1) is 12.9. The average Bonchev–Trinajstić information content (AvgIpc) is 2.66. The Morgan fingerprint density at radius 1 is 1.07 bits per heavy atom. The Hall–Kier alpha value is -3.07. The third kappa shape index (κ3) is 4.76. The molecule has 0 amide bonds. The minimum atomic E-state index is -0.711. The van der Waals surface area contributed by atoms with Gasteiger partial charge in [0.05, 0.1) is 30.7 Å². The van der Waals surface area contributed by atoms with Gasteiger partial charge in [0.15, 0.2) is 11.5 Å². The van der Waals surface area contributed by atoms with Gasteiger partial charge in [0, 0.05) is 6.08 Å². The highest BCUT2D eigenvalue weighted by Gasteiger charge is 2.23. The SMILES string of the molecule is COc1cc(/C=C/[N+](=O)[O-])cc(Br)c1OC(=O)c1c(OC)cccc1OC. The number of rotatable bonds is 7. The van der Waals surface area contributed by atoms with Gasteiger partial charge in [-0.05, 0) is 45.8 Å². The van der Waals surface area contributed by atoms with Gasteiger partial charge in [0.25, 0.3) is 0 Å². The van der Waals surface area contributed by atoms with Crippen LogP contribution < -0.4 is 18.9 Å². The Bertz CT molecular complexity index is 873. The summed E-state index contributed by atoms with van der Waals surface area (Å²) in [5.74, 6) is 0.208. The van der Waals surface area contributed by atoms with Crippen molar-refractivity contribution >= 4 is 28.0 Å². The molecule has 2 aromatic carbocycles. The zero-order valence-corrected chi connectivity index (χ0v) is 16.3. The molecule has 0 saturated heterocycles. The number of hydrogen-bond donors (Lipinski definition) is 0. The molecular weight excluding hydrogens is 422 g/mol. The summed E-state index contributed by atoms with van der Waals surface area (Å²) in [6, 6.07) is 7.96. The molecular formula is C18H16BrNO7. The maximum absolute atomic E-state index is 12.7. The zero-order chi connectivity index (χ0) is 20.0. The Balaban J connectivity index is 2.43. The summed E-state index contributed by atoms with van der Waals surface area (Å²) in [5, 5.41) is 10.5. The van der Waals surface area contributed by atoms with E-state index in [1.165, 1.54) is 33.5 Å². The molecule has 27 heavy (non-hydrogen) atoms. The number of halogens is 1. The lowest BCUT2D eigenvalue weighted by molar-refractivity contribution is -0.400. The van der Waals surface area contributed by atoms with Crippen molar-refractivity contribution in [1.29, 1.82) is 0 Å². The average molecular weight is 438 g/mol. The van der Waals surface area contributed by atoms with E-state index >= 15 is 0 Å². The Morgan fingerprint density at radius 3 is 2.19 bits per heavy atom. The van der Waals surface area contributed by atoms with Crippen LogP contribution in [0.2, 0.25) is 0 Å². The molecule has 2 rings (SSSR count). The lowest BCUT2D eigenvalue weighted by Crippen LogP contribution is -2.13. The van der Waals surface area contributed by atoms with Gasteiger partial charge in [-0.25, -0.2) is 4.79 Å². The fourth-order valence-electron chi connectivity index (χ4n) is 2.28. The summed E-state index contributed by atoms with van der Waals surface area (Å²) in [5.41, 5.74) is 0.610. The molecule has 2 aromatic rings. The molecule has 142 valence electrons. The molecule has 0 N–H and O–H groups in total. The molecule has 0 atom stereocenters. The Labute approximate surface area is 163 Å². The van der Waals surface area contributed by atoms with Crippen LogP contribution in [0.1, 0.15) is 15.9 Å². The van der Waals surface area contributed by atoms with E-state index in [1.54, 1.807) is 24.3 Å². The molecule has 0 heterocycles. The van der Waals surface area contributed by atoms with E-state index < -0.39 is 10.9 Å². The van der Waals surface area contributed by atoms with Crippen LogP contribution in [0.3, 0.4) is 0 Å². The van der Waals surface area contributed by atoms with Gasteiger partial charge in [-0.3, -0.25) is 10.1 Å². The van der Waals surface area contributed by atoms with E-state index in [0.717, 1.165) is 6.20 Å². The van der Waals surface area contributed by atoms with Crippen LogP contribution in [0.25, 0.3) is 6.08 Å². The number of nitro groups is 1. The number of carbonyl (C=O) groups is 1. The van der Waals surface area contributed by atoms with Gasteiger partial charge in [-0.1, -0.05) is 6.07 Å². The van der Waals surface area contributed by atoms with Crippen LogP contribution in [0.5, 0.6) is 23.0 Å². The van der Waals surface area contributed by atoms with Gasteiger partial charge < -0.3 is 18.9 Å². The van der Waals surface area contributed by atoms with Crippen molar-refractivity contribution in [2.24, 2.45) is 0 Å². The predicted molar refractivity (Wildman–Crippen MR) is 101 cm³/mol. The van der Waals surface area contributed by atoms with Crippen molar-refractivity contribution in [2.45, 2.75) is 0 Å². The van der Waals surface area contributed by atoms with E-state index in [2.05, 4.69) is 15.9 Å². The third-order valence-electron chi connectivity index (χ3n) is 3.47. The molecule has 8 nitrogen and oxygen atoms in total. The van der Waals surface area contributed by atoms with Crippen molar-refractivity contribution in [1.82, 2.24) is 0 Å². The molecule has 0 spiro atoms. The first-order valence-electron chi connectivity index (χ1n) is 7.53. The third-order valence-corrected chi connectivity index (χ3v) is 4.06. The monoisotopic (exact) mass is 437 g/mol. The highest BCUT2D eigenvalue weighted by molar-refractivity contribution is 9.10. The molecule has 9 heteroatoms. The summed E-state index contributed by atoms with van der Waals surface area (Å²) < 4.78 is 21.5. The lowest BCUT2D eigenvalue weighted by atomic mass is 10.1. The highest BCUT2D eigenvalue weighted by Crippen LogP contribution is 2.39. The quantitative estimate of drug-likeness (QED) is 0.280. The minimum Gasteiger partial charge on any atom is -0.496 e. The van der Waals surface area contributed by atoms with Crippen LogP contribution in [-0.2, 0) is 0 Å². The van der Waals surface area contributed by atoms with Gasteiger partial charge in [-0.15, -0.1) is 0 Å². The van der Waals surface area contributed by atoms with E-state index in [-0.39, 0.29) is 17.1 Å². The minimum absolute atomic E-state index is 0.119. The summed E-state index contributed by atoms with van der Waals surface area (Å²) in [4.78, 5) is 22.6. The highest BCUT2D eigenvalue weighted by atomic mass is 79.9. The van der Waals surface area contributed by atoms with Crippen LogP contribution in [-0.4, -0.2) is 32.2 Å². The summed E-state index contributed by atoms with van der Waals surface area (Å²) >= 11 is 3.29. The van der Waals surface area contributed by atoms with Crippen molar-refractivity contribution < 1.29 is 28.7 Å². The van der Waals surface area contributed by atoms with E-state index in [0.29, 0.717) is 21.5 Å². The van der Waals surface area contributed by atoms with E-state index in [4.69, 9.17) is 18.9 Å². The van der Waals surface area contributed by atoms with Crippen LogP contribution in [0, 0.1) is 10.1 Å². The second kappa shape index (κ2) is 9.04. The number of benzene rings is 2. The number of hydrogen-bond acceptors (Lipinski definition) is 7. The number of ether oxygens (including phenoxy) is 4. The fraction of sp³-hybridized carbons (Fsp3) is 0.167. The Morgan fingerprint density at radius 2 is 1.67 bits per heavy atom. The smallest absolute Gasteiger partial charge is 0.351 e. The molecule has 0 unspecified atom stereocenters. The van der Waals surface area contributed by atoms with Gasteiger partial charge in [-0.2, -0.15) is 0 Å². The van der Waals surface area contributed by atoms with Gasteiger partial charge in [0.2, 0.25) is 6.20 Å². The molecule has 0 aliphatic rings. The number of carbonyl (C=O) groups excluding carboxylic acids is 1. The normalized spacial score (nSPS) is 10.5. The van der Waals surface area contributed by atoms with Gasteiger partial charge in [0.1, 0.15) is 17.1 Å². The summed E-state index contributed by atoms with van der Waals surface area (Å²) in [7, 11) is 4.25. The topological polar surface area (TPSA) is 97.1 Å². The molecule has 0 aromatic heterocycles. The Kier molecular flexibility index (Phi) is 6.78. The van der Waals surface area contributed by atoms with Crippen molar-refractivity contribution in [3.8, 4) is 23.0 Å². The standard InChI is InChI=1S/C18H16BrNO7/c1-24-13-5-4-6-14(25-2)16(13)18(21)27-17-12(19)9-11(7-8-20(22)23)10-15(17)26-3/h4-10H,1-3H3/b8-7+.